The summed E-state index contributed by atoms with van der Waals surface area (Å²) in [5.41, 5.74) is 4.63. The van der Waals surface area contributed by atoms with Crippen molar-refractivity contribution in [3.63, 3.8) is 0 Å². The van der Waals surface area contributed by atoms with E-state index in [9.17, 15) is 9.59 Å². The number of amides is 2. The monoisotopic (exact) mass is 514 g/mol. The van der Waals surface area contributed by atoms with Crippen LogP contribution in [-0.2, 0) is 21.4 Å². The van der Waals surface area contributed by atoms with Gasteiger partial charge >= 0.3 is 0 Å². The predicted molar refractivity (Wildman–Crippen MR) is 154 cm³/mol. The Morgan fingerprint density at radius 1 is 1.08 bits per heavy atom. The van der Waals surface area contributed by atoms with Crippen LogP contribution in [0.3, 0.4) is 0 Å². The Labute approximate surface area is 225 Å². The van der Waals surface area contributed by atoms with Crippen molar-refractivity contribution in [2.45, 2.75) is 65.0 Å². The number of benzene rings is 2. The van der Waals surface area contributed by atoms with E-state index in [2.05, 4.69) is 63.4 Å². The van der Waals surface area contributed by atoms with E-state index < -0.39 is 0 Å². The molecule has 0 fully saturated rings. The third-order valence-electron chi connectivity index (χ3n) is 7.31. The fourth-order valence-corrected chi connectivity index (χ4v) is 5.75. The van der Waals surface area contributed by atoms with Gasteiger partial charge in [0.15, 0.2) is 0 Å². The number of fused-ring (bicyclic) bond motifs is 1. The first kappa shape index (κ1) is 26.9. The number of carbonyl (C=O) groups is 2. The van der Waals surface area contributed by atoms with E-state index in [-0.39, 0.29) is 35.9 Å². The molecule has 1 aliphatic heterocycles. The van der Waals surface area contributed by atoms with Crippen molar-refractivity contribution in [1.82, 2.24) is 9.80 Å². The summed E-state index contributed by atoms with van der Waals surface area (Å²) in [4.78, 5) is 32.1. The van der Waals surface area contributed by atoms with Crippen molar-refractivity contribution in [2.24, 2.45) is 0 Å². The number of nitrogens with zero attached hydrogens (tertiary/aromatic N) is 2. The Hall–Kier alpha value is -3.18. The highest BCUT2D eigenvalue weighted by Crippen LogP contribution is 2.38. The SMILES string of the molecule is CC[C@@H](C)N(CC(=O)N1CCc2sccc2[C@H]1c1ccc(C(C)(C)C)cc1)C(=O)/C=C/c1ccccc1. The summed E-state index contributed by atoms with van der Waals surface area (Å²) in [5, 5.41) is 2.12. The molecule has 0 spiro atoms. The van der Waals surface area contributed by atoms with Crippen LogP contribution in [0.4, 0.5) is 0 Å². The first-order valence-corrected chi connectivity index (χ1v) is 14.1. The van der Waals surface area contributed by atoms with Gasteiger partial charge in [-0.25, -0.2) is 0 Å². The number of carbonyl (C=O) groups excluding carboxylic acids is 2. The molecule has 1 aliphatic rings. The third kappa shape index (κ3) is 6.22. The topological polar surface area (TPSA) is 40.6 Å². The van der Waals surface area contributed by atoms with E-state index in [1.54, 1.807) is 22.3 Å². The molecule has 4 rings (SSSR count). The van der Waals surface area contributed by atoms with Gasteiger partial charge in [0.25, 0.3) is 0 Å². The lowest BCUT2D eigenvalue weighted by Gasteiger charge is -2.38. The minimum atomic E-state index is -0.134. The maximum absolute atomic E-state index is 13.9. The predicted octanol–water partition coefficient (Wildman–Crippen LogP) is 6.86. The third-order valence-corrected chi connectivity index (χ3v) is 8.30. The molecule has 37 heavy (non-hydrogen) atoms. The summed E-state index contributed by atoms with van der Waals surface area (Å²) in [7, 11) is 0. The lowest BCUT2D eigenvalue weighted by atomic mass is 9.85. The number of thiophene rings is 1. The number of hydrogen-bond donors (Lipinski definition) is 0. The van der Waals surface area contributed by atoms with Gasteiger partial charge in [0.05, 0.1) is 6.04 Å². The van der Waals surface area contributed by atoms with E-state index >= 15 is 0 Å². The molecule has 2 aromatic carbocycles. The highest BCUT2D eigenvalue weighted by atomic mass is 32.1. The lowest BCUT2D eigenvalue weighted by molar-refractivity contribution is -0.141. The van der Waals surface area contributed by atoms with Gasteiger partial charge in [-0.15, -0.1) is 11.3 Å². The van der Waals surface area contributed by atoms with Crippen molar-refractivity contribution in [3.05, 3.63) is 99.3 Å². The molecule has 0 bridgehead atoms. The van der Waals surface area contributed by atoms with Crippen LogP contribution >= 0.6 is 11.3 Å². The highest BCUT2D eigenvalue weighted by molar-refractivity contribution is 7.10. The van der Waals surface area contributed by atoms with E-state index in [0.717, 1.165) is 24.0 Å². The van der Waals surface area contributed by atoms with E-state index in [0.29, 0.717) is 6.54 Å². The van der Waals surface area contributed by atoms with E-state index in [1.165, 1.54) is 16.0 Å². The molecule has 0 aliphatic carbocycles. The van der Waals surface area contributed by atoms with Crippen LogP contribution in [-0.4, -0.2) is 40.7 Å². The van der Waals surface area contributed by atoms with E-state index in [4.69, 9.17) is 0 Å². The Balaban J connectivity index is 1.59. The fraction of sp³-hybridized carbons (Fsp3) is 0.375. The van der Waals surface area contributed by atoms with Crippen LogP contribution in [0.5, 0.6) is 0 Å². The van der Waals surface area contributed by atoms with Crippen LogP contribution in [0.25, 0.3) is 6.08 Å². The molecule has 2 atom stereocenters. The summed E-state index contributed by atoms with van der Waals surface area (Å²) >= 11 is 1.77. The summed E-state index contributed by atoms with van der Waals surface area (Å²) in [6, 6.07) is 20.4. The van der Waals surface area contributed by atoms with Gasteiger partial charge in [-0.1, -0.05) is 82.3 Å². The Kier molecular flexibility index (Phi) is 8.33. The molecule has 5 heteroatoms. The lowest BCUT2D eigenvalue weighted by Crippen LogP contribution is -2.48. The zero-order valence-corrected chi connectivity index (χ0v) is 23.4. The quantitative estimate of drug-likeness (QED) is 0.323. The van der Waals surface area contributed by atoms with Crippen LogP contribution in [0.1, 0.15) is 74.2 Å². The molecule has 194 valence electrons. The van der Waals surface area contributed by atoms with Gasteiger partial charge in [0.2, 0.25) is 11.8 Å². The minimum Gasteiger partial charge on any atom is -0.330 e. The van der Waals surface area contributed by atoms with Crippen molar-refractivity contribution in [3.8, 4) is 0 Å². The molecule has 0 unspecified atom stereocenters. The Morgan fingerprint density at radius 3 is 2.43 bits per heavy atom. The average Bonchev–Trinajstić information content (AvgIpc) is 3.38. The zero-order chi connectivity index (χ0) is 26.6. The summed E-state index contributed by atoms with van der Waals surface area (Å²) in [6.45, 7) is 11.4. The second kappa shape index (κ2) is 11.5. The number of hydrogen-bond acceptors (Lipinski definition) is 3. The summed E-state index contributed by atoms with van der Waals surface area (Å²) in [6.07, 6.45) is 5.04. The van der Waals surface area contributed by atoms with Crippen LogP contribution < -0.4 is 0 Å². The smallest absolute Gasteiger partial charge is 0.247 e. The molecule has 0 radical (unpaired) electrons. The maximum atomic E-state index is 13.9. The van der Waals surface area contributed by atoms with Gasteiger partial charge in [-0.2, -0.15) is 0 Å². The van der Waals surface area contributed by atoms with Crippen molar-refractivity contribution < 1.29 is 9.59 Å². The van der Waals surface area contributed by atoms with Gasteiger partial charge in [-0.3, -0.25) is 9.59 Å². The largest absolute Gasteiger partial charge is 0.330 e. The molecule has 0 saturated carbocycles. The molecule has 3 aromatic rings. The molecule has 2 heterocycles. The highest BCUT2D eigenvalue weighted by Gasteiger charge is 2.34. The van der Waals surface area contributed by atoms with Gasteiger partial charge < -0.3 is 9.80 Å². The standard InChI is InChI=1S/C32H38N2O2S/c1-6-23(2)34(29(35)17-12-24-10-8-7-9-11-24)22-30(36)33-20-18-28-27(19-21-37-28)31(33)25-13-15-26(16-14-25)32(3,4)5/h7-17,19,21,23,31H,6,18,20,22H2,1-5H3/b17-12+/t23-,31-/m1/s1. The maximum Gasteiger partial charge on any atom is 0.247 e. The van der Waals surface area contributed by atoms with Gasteiger partial charge in [0, 0.05) is 23.5 Å². The molecular formula is C32H38N2O2S. The molecule has 0 N–H and O–H groups in total. The van der Waals surface area contributed by atoms with E-state index in [1.807, 2.05) is 48.2 Å². The minimum absolute atomic E-state index is 0.0106. The van der Waals surface area contributed by atoms with Crippen LogP contribution in [0, 0.1) is 0 Å². The zero-order valence-electron chi connectivity index (χ0n) is 22.6. The van der Waals surface area contributed by atoms with Crippen molar-refractivity contribution in [1.29, 1.82) is 0 Å². The molecule has 1 aromatic heterocycles. The summed E-state index contributed by atoms with van der Waals surface area (Å²) in [5.74, 6) is -0.144. The second-order valence-corrected chi connectivity index (χ2v) is 11.9. The molecule has 2 amide bonds. The molecule has 0 saturated heterocycles. The second-order valence-electron chi connectivity index (χ2n) is 10.9. The average molecular weight is 515 g/mol. The Morgan fingerprint density at radius 2 is 1.78 bits per heavy atom. The Bertz CT molecular complexity index is 1240. The van der Waals surface area contributed by atoms with Crippen LogP contribution in [0.15, 0.2) is 72.1 Å². The van der Waals surface area contributed by atoms with Crippen LogP contribution in [0.2, 0.25) is 0 Å². The van der Waals surface area contributed by atoms with Gasteiger partial charge in [0.1, 0.15) is 6.54 Å². The number of rotatable bonds is 7. The van der Waals surface area contributed by atoms with Crippen molar-refractivity contribution >= 4 is 29.2 Å². The fourth-order valence-electron chi connectivity index (χ4n) is 4.85. The summed E-state index contributed by atoms with van der Waals surface area (Å²) < 4.78 is 0. The normalized spacial score (nSPS) is 16.5. The van der Waals surface area contributed by atoms with Gasteiger partial charge in [-0.05, 0) is 65.0 Å². The first-order valence-electron chi connectivity index (χ1n) is 13.2. The first-order chi connectivity index (χ1) is 17.7. The van der Waals surface area contributed by atoms with Crippen molar-refractivity contribution in [2.75, 3.05) is 13.1 Å². The molecular weight excluding hydrogens is 476 g/mol. The molecule has 4 nitrogen and oxygen atoms in total.